The third-order valence-corrected chi connectivity index (χ3v) is 7.09. The molecule has 2 aromatic rings. The van der Waals surface area contributed by atoms with Crippen molar-refractivity contribution in [3.05, 3.63) is 59.1 Å². The van der Waals surface area contributed by atoms with Crippen LogP contribution in [-0.2, 0) is 0 Å². The summed E-state index contributed by atoms with van der Waals surface area (Å²) < 4.78 is 2.75. The van der Waals surface area contributed by atoms with Crippen molar-refractivity contribution in [2.45, 2.75) is 26.2 Å². The second-order valence-electron chi connectivity index (χ2n) is 5.55. The number of benzene rings is 2. The van der Waals surface area contributed by atoms with Crippen molar-refractivity contribution in [2.24, 2.45) is 0 Å². The highest BCUT2D eigenvalue weighted by Gasteiger charge is 2.16. The van der Waals surface area contributed by atoms with Gasteiger partial charge in [-0.2, -0.15) is 0 Å². The predicted molar refractivity (Wildman–Crippen MR) is 128 cm³/mol. The third-order valence-electron chi connectivity index (χ3n) is 3.82. The fourth-order valence-corrected chi connectivity index (χ4v) is 4.76. The van der Waals surface area contributed by atoms with Crippen LogP contribution >= 0.6 is 73.3 Å². The molecule has 25 heavy (non-hydrogen) atoms. The lowest BCUT2D eigenvalue weighted by atomic mass is 9.97. The Morgan fingerprint density at radius 1 is 1.28 bits per heavy atom. The average molecular weight is 643 g/mol. The first-order valence-corrected chi connectivity index (χ1v) is 11.0. The van der Waals surface area contributed by atoms with Gasteiger partial charge < -0.3 is 5.32 Å². The first-order valence-electron chi connectivity index (χ1n) is 7.69. The van der Waals surface area contributed by atoms with Gasteiger partial charge in [-0.25, -0.2) is 0 Å². The van der Waals surface area contributed by atoms with Gasteiger partial charge in [-0.15, -0.1) is 0 Å². The smallest absolute Gasteiger partial charge is 0.258 e. The summed E-state index contributed by atoms with van der Waals surface area (Å²) in [5, 5.41) is 6.22. The molecular weight excluding hydrogens is 626 g/mol. The Kier molecular flexibility index (Phi) is 8.09. The number of halogens is 3. The summed E-state index contributed by atoms with van der Waals surface area (Å²) >= 11 is 13.2. The minimum atomic E-state index is -0.234. The van der Waals surface area contributed by atoms with Gasteiger partial charge in [0.05, 0.1) is 5.56 Å². The van der Waals surface area contributed by atoms with E-state index >= 15 is 0 Å². The summed E-state index contributed by atoms with van der Waals surface area (Å²) in [6.45, 7) is 4.32. The van der Waals surface area contributed by atoms with Gasteiger partial charge in [-0.05, 0) is 109 Å². The molecule has 0 spiro atoms. The maximum atomic E-state index is 12.6. The highest BCUT2D eigenvalue weighted by atomic mass is 127. The van der Waals surface area contributed by atoms with Crippen molar-refractivity contribution in [3.8, 4) is 0 Å². The van der Waals surface area contributed by atoms with E-state index in [1.54, 1.807) is 0 Å². The van der Waals surface area contributed by atoms with Crippen LogP contribution in [0.2, 0.25) is 0 Å². The maximum Gasteiger partial charge on any atom is 0.258 e. The van der Waals surface area contributed by atoms with E-state index in [0.29, 0.717) is 16.6 Å². The second kappa shape index (κ2) is 9.61. The number of nitrogens with one attached hydrogen (secondary N) is 2. The number of amides is 1. The molecule has 0 bridgehead atoms. The number of hydrogen-bond acceptors (Lipinski definition) is 2. The van der Waals surface area contributed by atoms with E-state index in [-0.39, 0.29) is 5.91 Å². The zero-order valence-corrected chi connectivity index (χ0v) is 20.4. The summed E-state index contributed by atoms with van der Waals surface area (Å²) in [6, 6.07) is 11.9. The van der Waals surface area contributed by atoms with Crippen LogP contribution in [-0.4, -0.2) is 11.0 Å². The van der Waals surface area contributed by atoms with Gasteiger partial charge in [0.1, 0.15) is 0 Å². The molecule has 0 fully saturated rings. The molecule has 0 saturated heterocycles. The topological polar surface area (TPSA) is 41.1 Å². The monoisotopic (exact) mass is 642 g/mol. The second-order valence-corrected chi connectivity index (χ2v) is 9.16. The van der Waals surface area contributed by atoms with Crippen molar-refractivity contribution < 1.29 is 4.79 Å². The van der Waals surface area contributed by atoms with Gasteiger partial charge in [-0.3, -0.25) is 10.1 Å². The van der Waals surface area contributed by atoms with E-state index in [1.165, 1.54) is 5.56 Å². The number of rotatable bonds is 4. The zero-order chi connectivity index (χ0) is 18.6. The summed E-state index contributed by atoms with van der Waals surface area (Å²) in [5.74, 6) is 0.176. The maximum absolute atomic E-state index is 12.6. The summed E-state index contributed by atoms with van der Waals surface area (Å²) in [5.41, 5.74) is 2.68. The highest BCUT2D eigenvalue weighted by molar-refractivity contribution is 14.1. The fraction of sp³-hybridized carbons (Fsp3) is 0.222. The minimum Gasteiger partial charge on any atom is -0.332 e. The Morgan fingerprint density at radius 3 is 2.64 bits per heavy atom. The van der Waals surface area contributed by atoms with Crippen molar-refractivity contribution >= 4 is 90.0 Å². The molecule has 3 nitrogen and oxygen atoms in total. The van der Waals surface area contributed by atoms with Gasteiger partial charge >= 0.3 is 0 Å². The van der Waals surface area contributed by atoms with Gasteiger partial charge in [0, 0.05) is 17.3 Å². The molecule has 0 aromatic heterocycles. The number of carbonyl (C=O) groups is 1. The van der Waals surface area contributed by atoms with Crippen LogP contribution < -0.4 is 10.6 Å². The van der Waals surface area contributed by atoms with Crippen LogP contribution in [0.5, 0.6) is 0 Å². The van der Waals surface area contributed by atoms with Crippen LogP contribution in [0.4, 0.5) is 5.69 Å². The largest absolute Gasteiger partial charge is 0.332 e. The predicted octanol–water partition coefficient (Wildman–Crippen LogP) is 6.30. The molecule has 132 valence electrons. The Bertz CT molecular complexity index is 814. The molecule has 0 radical (unpaired) electrons. The van der Waals surface area contributed by atoms with E-state index in [9.17, 15) is 4.79 Å². The molecule has 0 unspecified atom stereocenters. The van der Waals surface area contributed by atoms with Gasteiger partial charge in [0.15, 0.2) is 5.11 Å². The van der Waals surface area contributed by atoms with E-state index in [4.69, 9.17) is 12.2 Å². The molecule has 1 amide bonds. The number of anilines is 1. The van der Waals surface area contributed by atoms with E-state index in [1.807, 2.05) is 30.3 Å². The average Bonchev–Trinajstić information content (AvgIpc) is 2.57. The number of carbonyl (C=O) groups excluding carboxylic acids is 1. The molecule has 0 saturated carbocycles. The van der Waals surface area contributed by atoms with Gasteiger partial charge in [-0.1, -0.05) is 32.0 Å². The molecule has 2 aromatic carbocycles. The number of para-hydroxylation sites is 1. The van der Waals surface area contributed by atoms with Crippen LogP contribution in [0.15, 0.2) is 40.9 Å². The quantitative estimate of drug-likeness (QED) is 0.234. The van der Waals surface area contributed by atoms with Gasteiger partial charge in [0.2, 0.25) is 0 Å². The number of hydrogen-bond donors (Lipinski definition) is 2. The van der Waals surface area contributed by atoms with E-state index in [2.05, 4.69) is 91.7 Å². The molecule has 0 aliphatic rings. The molecule has 0 heterocycles. The van der Waals surface area contributed by atoms with Crippen molar-refractivity contribution in [1.29, 1.82) is 0 Å². The molecule has 1 atom stereocenters. The third kappa shape index (κ3) is 5.61. The normalized spacial score (nSPS) is 11.7. The van der Waals surface area contributed by atoms with E-state index in [0.717, 1.165) is 23.7 Å². The van der Waals surface area contributed by atoms with Crippen LogP contribution in [0.25, 0.3) is 0 Å². The van der Waals surface area contributed by atoms with Crippen molar-refractivity contribution in [2.75, 3.05) is 5.32 Å². The Hall–Kier alpha value is -0.260. The summed E-state index contributed by atoms with van der Waals surface area (Å²) in [4.78, 5) is 12.6. The SMILES string of the molecule is CC[C@@H](C)c1ccccc1NC(=S)NC(=O)c1cc(I)cc(I)c1Br. The molecule has 2 rings (SSSR count). The van der Waals surface area contributed by atoms with Crippen LogP contribution in [0.1, 0.15) is 42.1 Å². The van der Waals surface area contributed by atoms with Crippen molar-refractivity contribution in [1.82, 2.24) is 5.32 Å². The zero-order valence-electron chi connectivity index (χ0n) is 13.7. The van der Waals surface area contributed by atoms with Crippen molar-refractivity contribution in [3.63, 3.8) is 0 Å². The first kappa shape index (κ1) is 21.0. The molecule has 0 aliphatic carbocycles. The Labute approximate surface area is 189 Å². The summed E-state index contributed by atoms with van der Waals surface area (Å²) in [7, 11) is 0. The molecule has 7 heteroatoms. The van der Waals surface area contributed by atoms with Crippen LogP contribution in [0.3, 0.4) is 0 Å². The number of thiocarbonyl (C=S) groups is 1. The van der Waals surface area contributed by atoms with E-state index < -0.39 is 0 Å². The van der Waals surface area contributed by atoms with Gasteiger partial charge in [0.25, 0.3) is 5.91 Å². The standard InChI is InChI=1S/C18H17BrI2N2OS/c1-3-10(2)12-6-4-5-7-15(12)22-18(25)23-17(24)13-8-11(20)9-14(21)16(13)19/h4-10H,3H2,1-2H3,(H2,22,23,24,25)/t10-/m1/s1. The Balaban J connectivity index is 2.15. The molecule has 2 N–H and O–H groups in total. The first-order chi connectivity index (χ1) is 11.8. The van der Waals surface area contributed by atoms with Crippen LogP contribution in [0, 0.1) is 7.14 Å². The molecule has 0 aliphatic heterocycles. The highest BCUT2D eigenvalue weighted by Crippen LogP contribution is 2.27. The lowest BCUT2D eigenvalue weighted by Gasteiger charge is -2.17. The molecular formula is C18H17BrI2N2OS. The lowest BCUT2D eigenvalue weighted by molar-refractivity contribution is 0.0977. The minimum absolute atomic E-state index is 0.234. The summed E-state index contributed by atoms with van der Waals surface area (Å²) in [6.07, 6.45) is 1.03. The lowest BCUT2D eigenvalue weighted by Crippen LogP contribution is -2.34. The Morgan fingerprint density at radius 2 is 1.96 bits per heavy atom. The fourth-order valence-electron chi connectivity index (χ4n) is 2.31.